The normalized spacial score (nSPS) is 10.4. The molecule has 5 nitrogen and oxygen atoms in total. The topological polar surface area (TPSA) is 51.1 Å². The van der Waals surface area contributed by atoms with E-state index in [2.05, 4.69) is 37.8 Å². The number of anilines is 2. The molecule has 0 radical (unpaired) electrons. The van der Waals surface area contributed by atoms with Crippen molar-refractivity contribution in [2.45, 2.75) is 20.8 Å². The molecule has 0 amide bonds. The van der Waals surface area contributed by atoms with Crippen LogP contribution in [-0.2, 0) is 0 Å². The van der Waals surface area contributed by atoms with Crippen molar-refractivity contribution in [2.75, 3.05) is 18.6 Å². The predicted octanol–water partition coefficient (Wildman–Crippen LogP) is 3.42. The first-order valence-corrected chi connectivity index (χ1v) is 7.14. The van der Waals surface area contributed by atoms with E-state index in [9.17, 15) is 0 Å². The van der Waals surface area contributed by atoms with Crippen molar-refractivity contribution in [3.8, 4) is 5.88 Å². The van der Waals surface area contributed by atoms with Crippen molar-refractivity contribution in [1.82, 2.24) is 15.0 Å². The lowest BCUT2D eigenvalue weighted by molar-refractivity contribution is 0.397. The highest BCUT2D eigenvalue weighted by atomic mass is 79.9. The summed E-state index contributed by atoms with van der Waals surface area (Å²) < 4.78 is 5.83. The number of pyridine rings is 1. The minimum Gasteiger partial charge on any atom is -0.481 e. The molecule has 0 aliphatic rings. The number of hydrogen-bond acceptors (Lipinski definition) is 5. The zero-order valence-electron chi connectivity index (χ0n) is 12.0. The summed E-state index contributed by atoms with van der Waals surface area (Å²) in [4.78, 5) is 15.3. The third-order valence-corrected chi connectivity index (χ3v) is 3.42. The number of nitrogens with zero attached hydrogens (tertiary/aromatic N) is 4. The van der Waals surface area contributed by atoms with Gasteiger partial charge in [0.05, 0.1) is 12.8 Å². The molecule has 2 aromatic rings. The summed E-state index contributed by atoms with van der Waals surface area (Å²) in [7, 11) is 1.60. The molecule has 0 aliphatic carbocycles. The summed E-state index contributed by atoms with van der Waals surface area (Å²) in [5, 5.41) is 0. The Labute approximate surface area is 127 Å². The number of aryl methyl sites for hydroxylation is 2. The van der Waals surface area contributed by atoms with Gasteiger partial charge in [0, 0.05) is 24.0 Å². The summed E-state index contributed by atoms with van der Waals surface area (Å²) in [6, 6.07) is 5.73. The Balaban J connectivity index is 2.46. The van der Waals surface area contributed by atoms with E-state index < -0.39 is 0 Å². The molecule has 6 heteroatoms. The zero-order valence-corrected chi connectivity index (χ0v) is 13.6. The van der Waals surface area contributed by atoms with Gasteiger partial charge in [0.1, 0.15) is 4.60 Å². The van der Waals surface area contributed by atoms with Gasteiger partial charge < -0.3 is 9.64 Å². The van der Waals surface area contributed by atoms with Gasteiger partial charge >= 0.3 is 0 Å². The van der Waals surface area contributed by atoms with Crippen molar-refractivity contribution in [3.63, 3.8) is 0 Å². The van der Waals surface area contributed by atoms with Gasteiger partial charge in [-0.3, -0.25) is 0 Å². The lowest BCUT2D eigenvalue weighted by atomic mass is 10.3. The predicted molar refractivity (Wildman–Crippen MR) is 82.7 cm³/mol. The maximum absolute atomic E-state index is 5.12. The maximum atomic E-state index is 5.12. The molecule has 0 N–H and O–H groups in total. The lowest BCUT2D eigenvalue weighted by Crippen LogP contribution is -2.20. The second kappa shape index (κ2) is 6.17. The third-order valence-electron chi connectivity index (χ3n) is 2.83. The largest absolute Gasteiger partial charge is 0.481 e. The average Bonchev–Trinajstić information content (AvgIpc) is 2.40. The van der Waals surface area contributed by atoms with Gasteiger partial charge in [-0.1, -0.05) is 0 Å². The fourth-order valence-electron chi connectivity index (χ4n) is 1.97. The molecule has 0 aromatic carbocycles. The number of aromatic nitrogens is 3. The second-order valence-electron chi connectivity index (χ2n) is 4.36. The Morgan fingerprint density at radius 1 is 1.15 bits per heavy atom. The van der Waals surface area contributed by atoms with E-state index in [1.807, 2.05) is 36.9 Å². The SMILES string of the molecule is CCN(c1nc(C)cc(C)n1)c1ccc(OC)nc1Br. The highest BCUT2D eigenvalue weighted by Crippen LogP contribution is 2.30. The summed E-state index contributed by atoms with van der Waals surface area (Å²) >= 11 is 3.48. The van der Waals surface area contributed by atoms with Crippen molar-refractivity contribution < 1.29 is 4.74 Å². The number of hydrogen-bond donors (Lipinski definition) is 0. The molecule has 2 rings (SSSR count). The molecule has 0 saturated heterocycles. The van der Waals surface area contributed by atoms with Gasteiger partial charge in [0.25, 0.3) is 0 Å². The first-order chi connectivity index (χ1) is 9.55. The van der Waals surface area contributed by atoms with E-state index in [1.54, 1.807) is 7.11 Å². The third kappa shape index (κ3) is 3.07. The minimum atomic E-state index is 0.568. The Morgan fingerprint density at radius 3 is 2.30 bits per heavy atom. The highest BCUT2D eigenvalue weighted by molar-refractivity contribution is 9.10. The molecule has 0 spiro atoms. The molecular formula is C14H17BrN4O. The fraction of sp³-hybridized carbons (Fsp3) is 0.357. The van der Waals surface area contributed by atoms with E-state index in [-0.39, 0.29) is 0 Å². The van der Waals surface area contributed by atoms with Crippen LogP contribution in [0.4, 0.5) is 11.6 Å². The lowest BCUT2D eigenvalue weighted by Gasteiger charge is -2.22. The van der Waals surface area contributed by atoms with Crippen LogP contribution < -0.4 is 9.64 Å². The van der Waals surface area contributed by atoms with Crippen molar-refractivity contribution in [3.05, 3.63) is 34.2 Å². The summed E-state index contributed by atoms with van der Waals surface area (Å²) in [6.07, 6.45) is 0. The smallest absolute Gasteiger partial charge is 0.230 e. The Hall–Kier alpha value is -1.69. The Kier molecular flexibility index (Phi) is 4.54. The summed E-state index contributed by atoms with van der Waals surface area (Å²) in [5.74, 6) is 1.25. The molecular weight excluding hydrogens is 320 g/mol. The molecule has 20 heavy (non-hydrogen) atoms. The van der Waals surface area contributed by atoms with E-state index in [0.717, 1.165) is 23.6 Å². The average molecular weight is 337 g/mol. The summed E-state index contributed by atoms with van der Waals surface area (Å²) in [5.41, 5.74) is 2.81. The van der Waals surface area contributed by atoms with Crippen molar-refractivity contribution >= 4 is 27.6 Å². The minimum absolute atomic E-state index is 0.568. The second-order valence-corrected chi connectivity index (χ2v) is 5.11. The van der Waals surface area contributed by atoms with Crippen LogP contribution in [0.1, 0.15) is 18.3 Å². The zero-order chi connectivity index (χ0) is 14.7. The van der Waals surface area contributed by atoms with E-state index in [1.165, 1.54) is 0 Å². The van der Waals surface area contributed by atoms with Crippen molar-refractivity contribution in [2.24, 2.45) is 0 Å². The van der Waals surface area contributed by atoms with Crippen LogP contribution in [-0.4, -0.2) is 28.6 Å². The Morgan fingerprint density at radius 2 is 1.80 bits per heavy atom. The quantitative estimate of drug-likeness (QED) is 0.800. The number of ether oxygens (including phenoxy) is 1. The van der Waals surface area contributed by atoms with Gasteiger partial charge in [0.15, 0.2) is 0 Å². The number of methoxy groups -OCH3 is 1. The fourth-order valence-corrected chi connectivity index (χ4v) is 2.49. The summed E-state index contributed by atoms with van der Waals surface area (Å²) in [6.45, 7) is 6.73. The standard InChI is InChI=1S/C14H17BrN4O/c1-5-19(14-16-9(2)8-10(3)17-14)11-6-7-12(20-4)18-13(11)15/h6-8H,5H2,1-4H3. The van der Waals surface area contributed by atoms with Crippen LogP contribution in [0, 0.1) is 13.8 Å². The van der Waals surface area contributed by atoms with Gasteiger partial charge in [-0.05, 0) is 48.8 Å². The molecule has 106 valence electrons. The van der Waals surface area contributed by atoms with Crippen LogP contribution in [0.5, 0.6) is 5.88 Å². The molecule has 0 saturated carbocycles. The monoisotopic (exact) mass is 336 g/mol. The molecule has 0 bridgehead atoms. The molecule has 0 atom stereocenters. The van der Waals surface area contributed by atoms with Crippen LogP contribution in [0.2, 0.25) is 0 Å². The van der Waals surface area contributed by atoms with Gasteiger partial charge in [0.2, 0.25) is 11.8 Å². The number of halogens is 1. The molecule has 0 aliphatic heterocycles. The maximum Gasteiger partial charge on any atom is 0.230 e. The van der Waals surface area contributed by atoms with Crippen LogP contribution >= 0.6 is 15.9 Å². The van der Waals surface area contributed by atoms with E-state index in [0.29, 0.717) is 16.4 Å². The van der Waals surface area contributed by atoms with Crippen LogP contribution in [0.25, 0.3) is 0 Å². The van der Waals surface area contributed by atoms with Gasteiger partial charge in [-0.25, -0.2) is 15.0 Å². The van der Waals surface area contributed by atoms with Crippen LogP contribution in [0.3, 0.4) is 0 Å². The first-order valence-electron chi connectivity index (χ1n) is 6.35. The van der Waals surface area contributed by atoms with Crippen molar-refractivity contribution in [1.29, 1.82) is 0 Å². The molecule has 2 aromatic heterocycles. The van der Waals surface area contributed by atoms with E-state index in [4.69, 9.17) is 4.74 Å². The van der Waals surface area contributed by atoms with Gasteiger partial charge in [-0.2, -0.15) is 0 Å². The number of rotatable bonds is 4. The van der Waals surface area contributed by atoms with Crippen LogP contribution in [0.15, 0.2) is 22.8 Å². The van der Waals surface area contributed by atoms with Gasteiger partial charge in [-0.15, -0.1) is 0 Å². The molecule has 0 fully saturated rings. The first kappa shape index (κ1) is 14.7. The molecule has 0 unspecified atom stereocenters. The van der Waals surface area contributed by atoms with E-state index >= 15 is 0 Å². The molecule has 2 heterocycles. The highest BCUT2D eigenvalue weighted by Gasteiger charge is 2.15. The Bertz CT molecular complexity index is 598.